The van der Waals surface area contributed by atoms with Crippen LogP contribution >= 0.6 is 22.7 Å². The fourth-order valence-corrected chi connectivity index (χ4v) is 15.9. The lowest BCUT2D eigenvalue weighted by atomic mass is 9.46. The summed E-state index contributed by atoms with van der Waals surface area (Å²) in [5.41, 5.74) is 22.3. The van der Waals surface area contributed by atoms with Crippen molar-refractivity contribution in [1.82, 2.24) is 4.57 Å². The zero-order valence-corrected chi connectivity index (χ0v) is 43.3. The van der Waals surface area contributed by atoms with E-state index in [1.54, 1.807) is 0 Å². The van der Waals surface area contributed by atoms with Crippen LogP contribution in [0.25, 0.3) is 80.0 Å². The van der Waals surface area contributed by atoms with Crippen LogP contribution in [0.2, 0.25) is 0 Å². The van der Waals surface area contributed by atoms with Gasteiger partial charge in [-0.25, -0.2) is 0 Å². The van der Waals surface area contributed by atoms with Crippen LogP contribution in [-0.2, 0) is 27.1 Å². The first-order valence-corrected chi connectivity index (χ1v) is 26.6. The van der Waals surface area contributed by atoms with Crippen molar-refractivity contribution in [1.29, 1.82) is 0 Å². The largest absolute Gasteiger partial charge is 0.376 e. The molecule has 5 heteroatoms. The third kappa shape index (κ3) is 5.20. The van der Waals surface area contributed by atoms with Gasteiger partial charge in [0.05, 0.1) is 16.7 Å². The number of fused-ring (bicyclic) bond motifs is 19. The predicted molar refractivity (Wildman–Crippen MR) is 298 cm³/mol. The van der Waals surface area contributed by atoms with Gasteiger partial charge in [-0.05, 0) is 145 Å². The lowest BCUT2D eigenvalue weighted by Crippen LogP contribution is -2.59. The standard InChI is InChI=1S/C63H59BN2S2/c1-59(2,3)34-21-24-36(25-22-34)66-48-32-39-37-17-13-15-19-43(37)63(11,12)44(39)30-41(48)51-52-38-18-14-16-20-49(38)67-57(52)53-40-31-45-46(62(9,10)28-27-61(45,7)8)33-47(40)65-55-42-29-35(60(4,5)6)23-26-50(42)68-58(55)64(66)54(51)56(53)65/h13-26,29-33H,27-28H2,1-12H3. The van der Waals surface area contributed by atoms with E-state index in [4.69, 9.17) is 0 Å². The zero-order valence-electron chi connectivity index (χ0n) is 41.7. The van der Waals surface area contributed by atoms with E-state index in [1.165, 1.54) is 148 Å². The minimum atomic E-state index is -0.148. The first-order valence-electron chi connectivity index (χ1n) is 25.0. The Labute approximate surface area is 409 Å². The molecule has 0 amide bonds. The van der Waals surface area contributed by atoms with Crippen LogP contribution in [0.1, 0.15) is 129 Å². The molecule has 2 aliphatic heterocycles. The van der Waals surface area contributed by atoms with Crippen molar-refractivity contribution in [2.24, 2.45) is 0 Å². The number of nitrogens with zero attached hydrogens (tertiary/aromatic N) is 2. The van der Waals surface area contributed by atoms with Crippen molar-refractivity contribution in [2.45, 2.75) is 123 Å². The van der Waals surface area contributed by atoms with E-state index in [9.17, 15) is 0 Å². The van der Waals surface area contributed by atoms with Gasteiger partial charge in [-0.2, -0.15) is 0 Å². The summed E-state index contributed by atoms with van der Waals surface area (Å²) in [7, 11) is 0. The van der Waals surface area contributed by atoms with E-state index >= 15 is 0 Å². The average Bonchev–Trinajstić information content (AvgIpc) is 4.03. The fraction of sp³-hybridized carbons (Fsp3) is 0.302. The number of thiophene rings is 2. The van der Waals surface area contributed by atoms with Crippen molar-refractivity contribution in [3.8, 4) is 27.9 Å². The van der Waals surface area contributed by atoms with Crippen LogP contribution in [0.3, 0.4) is 0 Å². The minimum Gasteiger partial charge on any atom is -0.376 e. The SMILES string of the molecule is CC(C)(C)c1ccc(N2B3c4sc5ccc(C(C)(C)C)cc5c4-n4c5cc6c(cc5c5c7sc8ccccc8c7c(c3c54)-c3cc4c(cc32)-c2ccccc2C4(C)C)C(C)(C)CCC6(C)C)cc1. The van der Waals surface area contributed by atoms with Crippen molar-refractivity contribution in [2.75, 3.05) is 4.81 Å². The molecule has 0 unspecified atom stereocenters. The second kappa shape index (κ2) is 13.0. The molecule has 7 aromatic carbocycles. The highest BCUT2D eigenvalue weighted by Crippen LogP contribution is 2.59. The molecule has 3 aromatic heterocycles. The average molecular weight is 919 g/mol. The lowest BCUT2D eigenvalue weighted by molar-refractivity contribution is 0.332. The van der Waals surface area contributed by atoms with Gasteiger partial charge in [-0.15, -0.1) is 22.7 Å². The predicted octanol–water partition coefficient (Wildman–Crippen LogP) is 16.9. The Bertz CT molecular complexity index is 3910. The van der Waals surface area contributed by atoms with E-state index in [2.05, 4.69) is 208 Å². The summed E-state index contributed by atoms with van der Waals surface area (Å²) in [5.74, 6) is 0. The van der Waals surface area contributed by atoms with Crippen LogP contribution in [0.4, 0.5) is 11.4 Å². The Kier molecular flexibility index (Phi) is 7.89. The Balaban J connectivity index is 1.24. The monoisotopic (exact) mass is 918 g/mol. The number of anilines is 2. The molecule has 0 N–H and O–H groups in total. The van der Waals surface area contributed by atoms with Crippen molar-refractivity contribution < 1.29 is 0 Å². The Morgan fingerprint density at radius 1 is 0.544 bits per heavy atom. The molecular weight excluding hydrogens is 860 g/mol. The van der Waals surface area contributed by atoms with E-state index in [0.29, 0.717) is 0 Å². The highest BCUT2D eigenvalue weighted by molar-refractivity contribution is 7.32. The summed E-state index contributed by atoms with van der Waals surface area (Å²) in [6, 6.07) is 46.2. The first-order chi connectivity index (χ1) is 32.2. The van der Waals surface area contributed by atoms with Crippen LogP contribution in [-0.4, -0.2) is 11.4 Å². The molecule has 336 valence electrons. The summed E-state index contributed by atoms with van der Waals surface area (Å²) in [4.78, 5) is 2.79. The molecule has 2 nitrogen and oxygen atoms in total. The second-order valence-electron chi connectivity index (χ2n) is 24.8. The molecule has 14 rings (SSSR count). The molecule has 2 aliphatic carbocycles. The van der Waals surface area contributed by atoms with Crippen LogP contribution in [0.15, 0.2) is 115 Å². The van der Waals surface area contributed by atoms with Crippen LogP contribution < -0.4 is 15.1 Å². The first kappa shape index (κ1) is 41.4. The number of aromatic nitrogens is 1. The van der Waals surface area contributed by atoms with Gasteiger partial charge in [0.25, 0.3) is 0 Å². The Hall–Kier alpha value is -5.62. The molecule has 0 radical (unpaired) electrons. The highest BCUT2D eigenvalue weighted by Gasteiger charge is 2.49. The van der Waals surface area contributed by atoms with E-state index in [-0.39, 0.29) is 33.9 Å². The third-order valence-electron chi connectivity index (χ3n) is 17.3. The lowest BCUT2D eigenvalue weighted by Gasteiger charge is -2.42. The van der Waals surface area contributed by atoms with Gasteiger partial charge in [0.2, 0.25) is 0 Å². The van der Waals surface area contributed by atoms with Gasteiger partial charge in [0.1, 0.15) is 0 Å². The Morgan fingerprint density at radius 3 is 1.94 bits per heavy atom. The summed E-state index contributed by atoms with van der Waals surface area (Å²) < 4.78 is 8.38. The summed E-state index contributed by atoms with van der Waals surface area (Å²) in [6.45, 7) is 28.9. The maximum absolute atomic E-state index is 2.81. The van der Waals surface area contributed by atoms with Crippen molar-refractivity contribution >= 4 is 103 Å². The van der Waals surface area contributed by atoms with Crippen LogP contribution in [0.5, 0.6) is 0 Å². The van der Waals surface area contributed by atoms with Gasteiger partial charge in [-0.1, -0.05) is 144 Å². The highest BCUT2D eigenvalue weighted by atomic mass is 32.1. The maximum Gasteiger partial charge on any atom is 0.343 e. The maximum atomic E-state index is 2.81. The zero-order chi connectivity index (χ0) is 46.9. The number of rotatable bonds is 1. The second-order valence-corrected chi connectivity index (χ2v) is 26.9. The third-order valence-corrected chi connectivity index (χ3v) is 19.7. The number of hydrogen-bond acceptors (Lipinski definition) is 3. The van der Waals surface area contributed by atoms with E-state index in [0.717, 1.165) is 0 Å². The quantitative estimate of drug-likeness (QED) is 0.149. The van der Waals surface area contributed by atoms with Gasteiger partial charge in [0.15, 0.2) is 0 Å². The van der Waals surface area contributed by atoms with Gasteiger partial charge in [-0.3, -0.25) is 0 Å². The van der Waals surface area contributed by atoms with Gasteiger partial charge < -0.3 is 9.38 Å². The van der Waals surface area contributed by atoms with Gasteiger partial charge >= 0.3 is 6.85 Å². The summed E-state index contributed by atoms with van der Waals surface area (Å²) >= 11 is 4.04. The summed E-state index contributed by atoms with van der Waals surface area (Å²) in [6.07, 6.45) is 2.37. The molecule has 0 saturated carbocycles. The molecule has 10 aromatic rings. The Morgan fingerprint density at radius 2 is 1.21 bits per heavy atom. The molecular formula is C63H59BN2S2. The van der Waals surface area contributed by atoms with Crippen molar-refractivity contribution in [3.05, 3.63) is 149 Å². The van der Waals surface area contributed by atoms with Crippen molar-refractivity contribution in [3.63, 3.8) is 0 Å². The smallest absolute Gasteiger partial charge is 0.343 e. The normalized spacial score (nSPS) is 17.3. The topological polar surface area (TPSA) is 8.17 Å². The molecule has 0 saturated heterocycles. The van der Waals surface area contributed by atoms with Gasteiger partial charge in [0, 0.05) is 68.2 Å². The van der Waals surface area contributed by atoms with Crippen LogP contribution in [0, 0.1) is 0 Å². The molecule has 68 heavy (non-hydrogen) atoms. The molecule has 0 atom stereocenters. The minimum absolute atomic E-state index is 0.00378. The fourth-order valence-electron chi connectivity index (χ4n) is 13.4. The summed E-state index contributed by atoms with van der Waals surface area (Å²) in [5, 5.41) is 6.99. The van der Waals surface area contributed by atoms with E-state index < -0.39 is 0 Å². The molecule has 4 aliphatic rings. The molecule has 0 spiro atoms. The van der Waals surface area contributed by atoms with E-state index in [1.807, 2.05) is 22.7 Å². The number of hydrogen-bond donors (Lipinski definition) is 0. The molecule has 5 heterocycles. The number of benzene rings is 7. The molecule has 0 bridgehead atoms. The molecule has 0 fully saturated rings.